The standard InChI is InChI=1S/C8H10FNO/c1-10-8(11)6-4-2-3-5-7(6)9/h2,4H,3,5H2,1H3,(H,10,11). The molecule has 1 amide bonds. The van der Waals surface area contributed by atoms with Crippen LogP contribution in [-0.2, 0) is 4.79 Å². The summed E-state index contributed by atoms with van der Waals surface area (Å²) < 4.78 is 12.9. The molecule has 0 atom stereocenters. The minimum Gasteiger partial charge on any atom is -0.355 e. The number of hydrogen-bond donors (Lipinski definition) is 1. The second-order valence-corrected chi connectivity index (χ2v) is 2.34. The quantitative estimate of drug-likeness (QED) is 0.607. The van der Waals surface area contributed by atoms with Gasteiger partial charge in [-0.15, -0.1) is 0 Å². The minimum atomic E-state index is -0.349. The Labute approximate surface area is 64.8 Å². The molecule has 0 aromatic heterocycles. The van der Waals surface area contributed by atoms with Crippen molar-refractivity contribution < 1.29 is 9.18 Å². The molecule has 0 heterocycles. The van der Waals surface area contributed by atoms with Gasteiger partial charge in [0.1, 0.15) is 5.83 Å². The zero-order valence-corrected chi connectivity index (χ0v) is 6.36. The summed E-state index contributed by atoms with van der Waals surface area (Å²) in [5.41, 5.74) is 0.166. The summed E-state index contributed by atoms with van der Waals surface area (Å²) >= 11 is 0. The third-order valence-electron chi connectivity index (χ3n) is 1.58. The third-order valence-corrected chi connectivity index (χ3v) is 1.58. The highest BCUT2D eigenvalue weighted by Gasteiger charge is 2.13. The van der Waals surface area contributed by atoms with Gasteiger partial charge in [0.25, 0.3) is 5.91 Å². The Hall–Kier alpha value is -1.12. The summed E-state index contributed by atoms with van der Waals surface area (Å²) in [6.45, 7) is 0. The molecular weight excluding hydrogens is 145 g/mol. The lowest BCUT2D eigenvalue weighted by Crippen LogP contribution is -2.20. The lowest BCUT2D eigenvalue weighted by atomic mass is 10.1. The van der Waals surface area contributed by atoms with Crippen LogP contribution < -0.4 is 5.32 Å². The Morgan fingerprint density at radius 3 is 3.00 bits per heavy atom. The molecule has 0 bridgehead atoms. The SMILES string of the molecule is CNC(=O)C1=C(F)CCC=C1. The number of amides is 1. The number of carbonyl (C=O) groups is 1. The first-order chi connectivity index (χ1) is 5.25. The third kappa shape index (κ3) is 1.67. The van der Waals surface area contributed by atoms with Crippen molar-refractivity contribution >= 4 is 5.91 Å². The molecule has 0 aliphatic heterocycles. The van der Waals surface area contributed by atoms with E-state index in [0.717, 1.165) is 0 Å². The first-order valence-electron chi connectivity index (χ1n) is 3.53. The van der Waals surface area contributed by atoms with Gasteiger partial charge in [0.15, 0.2) is 0 Å². The van der Waals surface area contributed by atoms with Crippen LogP contribution in [-0.4, -0.2) is 13.0 Å². The zero-order chi connectivity index (χ0) is 8.27. The van der Waals surface area contributed by atoms with Crippen LogP contribution in [0.2, 0.25) is 0 Å². The Bertz CT molecular complexity index is 230. The fraction of sp³-hybridized carbons (Fsp3) is 0.375. The summed E-state index contributed by atoms with van der Waals surface area (Å²) in [6, 6.07) is 0. The summed E-state index contributed by atoms with van der Waals surface area (Å²) in [5.74, 6) is -0.662. The van der Waals surface area contributed by atoms with Crippen molar-refractivity contribution in [1.29, 1.82) is 0 Å². The van der Waals surface area contributed by atoms with Gasteiger partial charge in [0.2, 0.25) is 0 Å². The average molecular weight is 155 g/mol. The van der Waals surface area contributed by atoms with E-state index < -0.39 is 0 Å². The van der Waals surface area contributed by atoms with Crippen molar-refractivity contribution in [3.05, 3.63) is 23.6 Å². The molecule has 1 N–H and O–H groups in total. The largest absolute Gasteiger partial charge is 0.355 e. The fourth-order valence-corrected chi connectivity index (χ4v) is 0.970. The molecule has 0 fully saturated rings. The summed E-state index contributed by atoms with van der Waals surface area (Å²) in [4.78, 5) is 10.9. The van der Waals surface area contributed by atoms with Crippen molar-refractivity contribution in [1.82, 2.24) is 5.32 Å². The monoisotopic (exact) mass is 155 g/mol. The Morgan fingerprint density at radius 2 is 2.45 bits per heavy atom. The summed E-state index contributed by atoms with van der Waals surface area (Å²) in [5, 5.41) is 2.38. The molecular formula is C8H10FNO. The topological polar surface area (TPSA) is 29.1 Å². The number of rotatable bonds is 1. The van der Waals surface area contributed by atoms with Gasteiger partial charge in [-0.2, -0.15) is 0 Å². The number of hydrogen-bond acceptors (Lipinski definition) is 1. The van der Waals surface area contributed by atoms with Crippen LogP contribution in [0.4, 0.5) is 4.39 Å². The van der Waals surface area contributed by atoms with Gasteiger partial charge in [0, 0.05) is 13.5 Å². The van der Waals surface area contributed by atoms with Gasteiger partial charge in [-0.1, -0.05) is 12.2 Å². The van der Waals surface area contributed by atoms with Crippen molar-refractivity contribution in [2.45, 2.75) is 12.8 Å². The van der Waals surface area contributed by atoms with Gasteiger partial charge in [-0.25, -0.2) is 4.39 Å². The smallest absolute Gasteiger partial charge is 0.253 e. The average Bonchev–Trinajstić information content (AvgIpc) is 2.04. The minimum absolute atomic E-state index is 0.166. The highest BCUT2D eigenvalue weighted by molar-refractivity contribution is 5.96. The van der Waals surface area contributed by atoms with E-state index in [4.69, 9.17) is 0 Å². The van der Waals surface area contributed by atoms with Crippen molar-refractivity contribution in [2.24, 2.45) is 0 Å². The molecule has 1 rings (SSSR count). The molecule has 60 valence electrons. The molecule has 3 heteroatoms. The predicted molar refractivity (Wildman–Crippen MR) is 40.6 cm³/mol. The Kier molecular flexibility index (Phi) is 2.41. The van der Waals surface area contributed by atoms with Crippen LogP contribution in [0.3, 0.4) is 0 Å². The van der Waals surface area contributed by atoms with E-state index in [1.165, 1.54) is 13.1 Å². The van der Waals surface area contributed by atoms with Crippen LogP contribution in [0, 0.1) is 0 Å². The lowest BCUT2D eigenvalue weighted by Gasteiger charge is -2.06. The molecule has 0 saturated carbocycles. The van der Waals surface area contributed by atoms with Gasteiger partial charge < -0.3 is 5.32 Å². The molecule has 1 aliphatic carbocycles. The van der Waals surface area contributed by atoms with Crippen LogP contribution >= 0.6 is 0 Å². The molecule has 2 nitrogen and oxygen atoms in total. The maximum atomic E-state index is 12.9. The van der Waals surface area contributed by atoms with E-state index >= 15 is 0 Å². The van der Waals surface area contributed by atoms with E-state index in [1.54, 1.807) is 6.08 Å². The van der Waals surface area contributed by atoms with Crippen molar-refractivity contribution in [2.75, 3.05) is 7.05 Å². The van der Waals surface area contributed by atoms with Crippen LogP contribution in [0.15, 0.2) is 23.6 Å². The highest BCUT2D eigenvalue weighted by Crippen LogP contribution is 2.19. The van der Waals surface area contributed by atoms with E-state index in [9.17, 15) is 9.18 Å². The molecule has 0 unspecified atom stereocenters. The van der Waals surface area contributed by atoms with Gasteiger partial charge >= 0.3 is 0 Å². The summed E-state index contributed by atoms with van der Waals surface area (Å²) in [7, 11) is 1.49. The van der Waals surface area contributed by atoms with E-state index in [-0.39, 0.29) is 17.3 Å². The number of likely N-dealkylation sites (N-methyl/N-ethyl adjacent to an activating group) is 1. The van der Waals surface area contributed by atoms with Crippen LogP contribution in [0.25, 0.3) is 0 Å². The van der Waals surface area contributed by atoms with Gasteiger partial charge in [0.05, 0.1) is 5.57 Å². The number of carbonyl (C=O) groups excluding carboxylic acids is 1. The molecule has 0 radical (unpaired) electrons. The molecule has 11 heavy (non-hydrogen) atoms. The predicted octanol–water partition coefficient (Wildman–Crippen LogP) is 1.31. The van der Waals surface area contributed by atoms with Crippen LogP contribution in [0.1, 0.15) is 12.8 Å². The molecule has 0 saturated heterocycles. The first kappa shape index (κ1) is 7.98. The number of nitrogens with one attached hydrogen (secondary N) is 1. The molecule has 0 aromatic carbocycles. The lowest BCUT2D eigenvalue weighted by molar-refractivity contribution is -0.116. The van der Waals surface area contributed by atoms with E-state index in [0.29, 0.717) is 12.8 Å². The van der Waals surface area contributed by atoms with Crippen molar-refractivity contribution in [3.8, 4) is 0 Å². The van der Waals surface area contributed by atoms with E-state index in [1.807, 2.05) is 0 Å². The Balaban J connectivity index is 2.83. The van der Waals surface area contributed by atoms with Gasteiger partial charge in [-0.05, 0) is 6.42 Å². The van der Waals surface area contributed by atoms with Crippen LogP contribution in [0.5, 0.6) is 0 Å². The number of halogens is 1. The second-order valence-electron chi connectivity index (χ2n) is 2.34. The second kappa shape index (κ2) is 3.32. The van der Waals surface area contributed by atoms with Crippen molar-refractivity contribution in [3.63, 3.8) is 0 Å². The zero-order valence-electron chi connectivity index (χ0n) is 6.36. The highest BCUT2D eigenvalue weighted by atomic mass is 19.1. The number of allylic oxidation sites excluding steroid dienone is 2. The molecule has 1 aliphatic rings. The van der Waals surface area contributed by atoms with Gasteiger partial charge in [-0.3, -0.25) is 4.79 Å². The fourth-order valence-electron chi connectivity index (χ4n) is 0.970. The molecule has 0 aromatic rings. The maximum absolute atomic E-state index is 12.9. The first-order valence-corrected chi connectivity index (χ1v) is 3.53. The Morgan fingerprint density at radius 1 is 1.73 bits per heavy atom. The maximum Gasteiger partial charge on any atom is 0.253 e. The van der Waals surface area contributed by atoms with E-state index in [2.05, 4.69) is 5.32 Å². The summed E-state index contributed by atoms with van der Waals surface area (Å²) in [6.07, 6.45) is 4.36. The molecule has 0 spiro atoms. The normalized spacial score (nSPS) is 16.9.